The minimum atomic E-state index is -0.477. The van der Waals surface area contributed by atoms with Gasteiger partial charge in [0.15, 0.2) is 0 Å². The third-order valence-corrected chi connectivity index (χ3v) is 6.29. The van der Waals surface area contributed by atoms with E-state index >= 15 is 0 Å². The molecule has 3 heterocycles. The van der Waals surface area contributed by atoms with Crippen molar-refractivity contribution in [2.75, 3.05) is 5.32 Å². The van der Waals surface area contributed by atoms with Crippen molar-refractivity contribution in [3.8, 4) is 5.69 Å². The monoisotopic (exact) mass is 426 g/mol. The molecule has 0 radical (unpaired) electrons. The van der Waals surface area contributed by atoms with Crippen molar-refractivity contribution in [3.63, 3.8) is 0 Å². The van der Waals surface area contributed by atoms with E-state index in [1.54, 1.807) is 4.90 Å². The molecule has 2 amide bonds. The van der Waals surface area contributed by atoms with E-state index in [-0.39, 0.29) is 11.8 Å². The molecule has 32 heavy (non-hydrogen) atoms. The number of nitrogens with one attached hydrogen (secondary N) is 2. The van der Waals surface area contributed by atoms with Crippen molar-refractivity contribution < 1.29 is 9.59 Å². The first-order chi connectivity index (χ1) is 15.5. The predicted octanol–water partition coefficient (Wildman–Crippen LogP) is 4.71. The maximum atomic E-state index is 13.2. The highest BCUT2D eigenvalue weighted by molar-refractivity contribution is 5.99. The maximum absolute atomic E-state index is 13.2. The van der Waals surface area contributed by atoms with Crippen molar-refractivity contribution >= 4 is 28.4 Å². The average Bonchev–Trinajstić information content (AvgIpc) is 3.46. The topological polar surface area (TPSA) is 70.1 Å². The average molecular weight is 427 g/mol. The fourth-order valence-electron chi connectivity index (χ4n) is 4.67. The molecule has 2 N–H and O–H groups in total. The summed E-state index contributed by atoms with van der Waals surface area (Å²) in [6, 6.07) is 19.5. The molecule has 162 valence electrons. The highest BCUT2D eigenvalue weighted by atomic mass is 16.2. The minimum Gasteiger partial charge on any atom is -0.361 e. The van der Waals surface area contributed by atoms with Crippen LogP contribution in [0.5, 0.6) is 0 Å². The van der Waals surface area contributed by atoms with Crippen molar-refractivity contribution in [3.05, 3.63) is 83.8 Å². The van der Waals surface area contributed by atoms with Gasteiger partial charge in [-0.2, -0.15) is 0 Å². The van der Waals surface area contributed by atoms with Crippen LogP contribution in [0.3, 0.4) is 0 Å². The molecule has 4 aromatic rings. The summed E-state index contributed by atoms with van der Waals surface area (Å²) in [6.45, 7) is 4.54. The third-order valence-electron chi connectivity index (χ3n) is 6.29. The fraction of sp³-hybridized carbons (Fsp3) is 0.231. The summed E-state index contributed by atoms with van der Waals surface area (Å²) in [7, 11) is 0. The van der Waals surface area contributed by atoms with E-state index in [0.29, 0.717) is 19.4 Å². The number of hydrogen-bond acceptors (Lipinski definition) is 2. The lowest BCUT2D eigenvalue weighted by molar-refractivity contribution is -0.133. The third kappa shape index (κ3) is 3.58. The number of aromatic nitrogens is 2. The smallest absolute Gasteiger partial charge is 0.247 e. The minimum absolute atomic E-state index is 0.0165. The molecule has 6 nitrogen and oxygen atoms in total. The summed E-state index contributed by atoms with van der Waals surface area (Å²) in [5.41, 5.74) is 6.05. The Morgan fingerprint density at radius 2 is 1.84 bits per heavy atom. The Morgan fingerprint density at radius 3 is 2.66 bits per heavy atom. The number of nitrogens with zero attached hydrogens (tertiary/aromatic N) is 2. The van der Waals surface area contributed by atoms with Crippen LogP contribution in [-0.2, 0) is 16.1 Å². The van der Waals surface area contributed by atoms with Gasteiger partial charge in [0, 0.05) is 52.8 Å². The number of rotatable bonds is 5. The molecule has 5 rings (SSSR count). The summed E-state index contributed by atoms with van der Waals surface area (Å²) >= 11 is 0. The molecular formula is C26H26N4O2. The van der Waals surface area contributed by atoms with Crippen LogP contribution in [0.15, 0.2) is 66.9 Å². The number of anilines is 1. The summed E-state index contributed by atoms with van der Waals surface area (Å²) < 4.78 is 2.15. The van der Waals surface area contributed by atoms with E-state index in [1.807, 2.05) is 54.7 Å². The van der Waals surface area contributed by atoms with Crippen LogP contribution in [0.4, 0.5) is 5.69 Å². The van der Waals surface area contributed by atoms with Gasteiger partial charge in [0.05, 0.1) is 0 Å². The molecule has 0 spiro atoms. The number of aromatic amines is 1. The SMILES string of the molecule is Cc1ccc(C)n1-c1cccc(NC(=O)C2CCC(=O)N2Cc2c[nH]c3ccccc23)c1. The summed E-state index contributed by atoms with van der Waals surface area (Å²) in [4.78, 5) is 30.7. The van der Waals surface area contributed by atoms with Gasteiger partial charge in [-0.15, -0.1) is 0 Å². The lowest BCUT2D eigenvalue weighted by Crippen LogP contribution is -2.41. The Hall–Kier alpha value is -3.80. The van der Waals surface area contributed by atoms with Crippen LogP contribution in [0.2, 0.25) is 0 Å². The molecule has 1 aliphatic rings. The molecule has 1 unspecified atom stereocenters. The largest absolute Gasteiger partial charge is 0.361 e. The number of carbonyl (C=O) groups is 2. The molecule has 2 aromatic heterocycles. The highest BCUT2D eigenvalue weighted by Gasteiger charge is 2.36. The number of hydrogen-bond donors (Lipinski definition) is 2. The molecule has 1 atom stereocenters. The molecule has 0 aliphatic carbocycles. The van der Waals surface area contributed by atoms with Crippen LogP contribution in [-0.4, -0.2) is 32.3 Å². The molecule has 2 aromatic carbocycles. The second-order valence-corrected chi connectivity index (χ2v) is 8.43. The van der Waals surface area contributed by atoms with Crippen molar-refractivity contribution in [2.45, 2.75) is 39.3 Å². The van der Waals surface area contributed by atoms with Gasteiger partial charge < -0.3 is 19.8 Å². The number of likely N-dealkylation sites (tertiary alicyclic amines) is 1. The molecule has 1 fully saturated rings. The van der Waals surface area contributed by atoms with E-state index < -0.39 is 6.04 Å². The van der Waals surface area contributed by atoms with Gasteiger partial charge in [0.2, 0.25) is 11.8 Å². The van der Waals surface area contributed by atoms with Crippen molar-refractivity contribution in [1.82, 2.24) is 14.5 Å². The zero-order chi connectivity index (χ0) is 22.2. The summed E-state index contributed by atoms with van der Waals surface area (Å²) in [6.07, 6.45) is 2.85. The van der Waals surface area contributed by atoms with Gasteiger partial charge in [-0.05, 0) is 62.2 Å². The molecule has 1 aliphatic heterocycles. The van der Waals surface area contributed by atoms with Crippen molar-refractivity contribution in [2.24, 2.45) is 0 Å². The summed E-state index contributed by atoms with van der Waals surface area (Å²) in [5, 5.41) is 4.12. The second-order valence-electron chi connectivity index (χ2n) is 8.43. The van der Waals surface area contributed by atoms with Crippen LogP contribution in [0, 0.1) is 13.8 Å². The number of para-hydroxylation sites is 1. The Morgan fingerprint density at radius 1 is 1.06 bits per heavy atom. The lowest BCUT2D eigenvalue weighted by atomic mass is 10.1. The number of H-pyrrole nitrogens is 1. The van der Waals surface area contributed by atoms with E-state index in [2.05, 4.69) is 40.8 Å². The fourth-order valence-corrected chi connectivity index (χ4v) is 4.67. The predicted molar refractivity (Wildman–Crippen MR) is 126 cm³/mol. The first kappa shape index (κ1) is 20.1. The van der Waals surface area contributed by atoms with Gasteiger partial charge in [0.25, 0.3) is 0 Å². The molecule has 6 heteroatoms. The lowest BCUT2D eigenvalue weighted by Gasteiger charge is -2.24. The maximum Gasteiger partial charge on any atom is 0.247 e. The normalized spacial score (nSPS) is 16.1. The van der Waals surface area contributed by atoms with Gasteiger partial charge in [0.1, 0.15) is 6.04 Å². The number of carbonyl (C=O) groups excluding carboxylic acids is 2. The van der Waals surface area contributed by atoms with Crippen molar-refractivity contribution in [1.29, 1.82) is 0 Å². The van der Waals surface area contributed by atoms with E-state index in [4.69, 9.17) is 0 Å². The van der Waals surface area contributed by atoms with Gasteiger partial charge in [-0.25, -0.2) is 0 Å². The zero-order valence-electron chi connectivity index (χ0n) is 18.3. The van der Waals surface area contributed by atoms with E-state index in [0.717, 1.165) is 39.2 Å². The van der Waals surface area contributed by atoms with Gasteiger partial charge in [-0.1, -0.05) is 24.3 Å². The van der Waals surface area contributed by atoms with Crippen LogP contribution < -0.4 is 5.32 Å². The van der Waals surface area contributed by atoms with Crippen LogP contribution in [0.1, 0.15) is 29.8 Å². The van der Waals surface area contributed by atoms with E-state index in [9.17, 15) is 9.59 Å². The number of aryl methyl sites for hydroxylation is 2. The molecule has 0 saturated carbocycles. The first-order valence-corrected chi connectivity index (χ1v) is 10.9. The number of amides is 2. The molecule has 0 bridgehead atoms. The van der Waals surface area contributed by atoms with E-state index in [1.165, 1.54) is 0 Å². The Kier molecular flexibility index (Phi) is 5.05. The quantitative estimate of drug-likeness (QED) is 0.485. The van der Waals surface area contributed by atoms with Gasteiger partial charge in [-0.3, -0.25) is 9.59 Å². The summed E-state index contributed by atoms with van der Waals surface area (Å²) in [5.74, 6) is -0.128. The highest BCUT2D eigenvalue weighted by Crippen LogP contribution is 2.27. The Labute approximate surface area is 186 Å². The van der Waals surface area contributed by atoms with Crippen LogP contribution in [0.25, 0.3) is 16.6 Å². The zero-order valence-corrected chi connectivity index (χ0v) is 18.3. The van der Waals surface area contributed by atoms with Crippen LogP contribution >= 0.6 is 0 Å². The Bertz CT molecular complexity index is 1300. The molecular weight excluding hydrogens is 400 g/mol. The second kappa shape index (κ2) is 8.04. The number of benzene rings is 2. The first-order valence-electron chi connectivity index (χ1n) is 10.9. The molecule has 1 saturated heterocycles. The number of fused-ring (bicyclic) bond motifs is 1. The Balaban J connectivity index is 1.36. The standard InChI is InChI=1S/C26H26N4O2/c1-17-10-11-18(2)30(17)21-7-5-6-20(14-21)28-26(32)24-12-13-25(31)29(24)16-19-15-27-23-9-4-3-8-22(19)23/h3-11,14-15,24,27H,12-13,16H2,1-2H3,(H,28,32). The van der Waals surface area contributed by atoms with Gasteiger partial charge >= 0.3 is 0 Å².